The fourth-order valence-electron chi connectivity index (χ4n) is 2.58. The fraction of sp³-hybridized carbons (Fsp3) is 0.923. The van der Waals surface area contributed by atoms with Gasteiger partial charge in [-0.15, -0.1) is 0 Å². The first-order chi connectivity index (χ1) is 7.18. The minimum absolute atomic E-state index is 0.250. The first-order valence-corrected chi connectivity index (χ1v) is 6.45. The molecule has 0 radical (unpaired) electrons. The van der Waals surface area contributed by atoms with Gasteiger partial charge in [0.15, 0.2) is 0 Å². The highest BCUT2D eigenvalue weighted by Gasteiger charge is 2.30. The van der Waals surface area contributed by atoms with Crippen molar-refractivity contribution in [1.29, 1.82) is 0 Å². The van der Waals surface area contributed by atoms with E-state index in [1.807, 2.05) is 0 Å². The van der Waals surface area contributed by atoms with Crippen LogP contribution < -0.4 is 0 Å². The van der Waals surface area contributed by atoms with E-state index in [2.05, 4.69) is 18.7 Å². The van der Waals surface area contributed by atoms with Gasteiger partial charge in [-0.3, -0.25) is 9.69 Å². The Kier molecular flexibility index (Phi) is 3.45. The molecule has 0 aromatic heterocycles. The topological polar surface area (TPSA) is 20.3 Å². The van der Waals surface area contributed by atoms with Gasteiger partial charge in [-0.05, 0) is 32.2 Å². The monoisotopic (exact) mass is 209 g/mol. The molecule has 15 heavy (non-hydrogen) atoms. The van der Waals surface area contributed by atoms with Crippen LogP contribution in [0.1, 0.15) is 46.0 Å². The molecule has 0 amide bonds. The Balaban J connectivity index is 1.73. The predicted molar refractivity (Wildman–Crippen MR) is 61.8 cm³/mol. The zero-order valence-corrected chi connectivity index (χ0v) is 10.0. The number of rotatable bonds is 4. The van der Waals surface area contributed by atoms with Crippen LogP contribution in [0.2, 0.25) is 0 Å². The number of hydrogen-bond donors (Lipinski definition) is 0. The molecule has 1 heterocycles. The van der Waals surface area contributed by atoms with E-state index in [1.165, 1.54) is 32.2 Å². The summed E-state index contributed by atoms with van der Waals surface area (Å²) in [6, 6.07) is 0.463. The van der Waals surface area contributed by atoms with E-state index in [0.29, 0.717) is 11.8 Å². The van der Waals surface area contributed by atoms with Gasteiger partial charge in [0.05, 0.1) is 0 Å². The highest BCUT2D eigenvalue weighted by atomic mass is 16.1. The lowest BCUT2D eigenvalue weighted by atomic mass is 9.90. The van der Waals surface area contributed by atoms with Gasteiger partial charge in [-0.2, -0.15) is 0 Å². The number of carbonyl (C=O) groups is 1. The number of Topliss-reactive ketones (excluding diaryl/α,β-unsaturated/α-hetero) is 1. The third-order valence-electron chi connectivity index (χ3n) is 4.21. The van der Waals surface area contributed by atoms with Gasteiger partial charge in [0.2, 0.25) is 0 Å². The molecule has 2 rings (SSSR count). The molecule has 86 valence electrons. The number of hydrogen-bond acceptors (Lipinski definition) is 2. The summed E-state index contributed by atoms with van der Waals surface area (Å²) in [5.41, 5.74) is 0. The van der Waals surface area contributed by atoms with Crippen molar-refractivity contribution >= 4 is 5.78 Å². The lowest BCUT2D eigenvalue weighted by Crippen LogP contribution is -2.47. The van der Waals surface area contributed by atoms with Crippen LogP contribution in [0.5, 0.6) is 0 Å². The third-order valence-corrected chi connectivity index (χ3v) is 4.21. The molecule has 2 nitrogen and oxygen atoms in total. The maximum Gasteiger partial charge on any atom is 0.138 e. The van der Waals surface area contributed by atoms with Gasteiger partial charge in [-0.25, -0.2) is 0 Å². The molecule has 0 spiro atoms. The highest BCUT2D eigenvalue weighted by molar-refractivity contribution is 5.82. The molecule has 0 bridgehead atoms. The Labute approximate surface area is 93.0 Å². The summed E-state index contributed by atoms with van der Waals surface area (Å²) >= 11 is 0. The van der Waals surface area contributed by atoms with Crippen LogP contribution in [0.4, 0.5) is 0 Å². The minimum atomic E-state index is 0.250. The fourth-order valence-corrected chi connectivity index (χ4v) is 2.58. The molecule has 1 aliphatic carbocycles. The molecule has 2 fully saturated rings. The van der Waals surface area contributed by atoms with E-state index >= 15 is 0 Å². The van der Waals surface area contributed by atoms with E-state index in [4.69, 9.17) is 0 Å². The number of carbonyl (C=O) groups excluding carboxylic acids is 1. The van der Waals surface area contributed by atoms with Gasteiger partial charge >= 0.3 is 0 Å². The van der Waals surface area contributed by atoms with Crippen molar-refractivity contribution in [3.63, 3.8) is 0 Å². The van der Waals surface area contributed by atoms with Crippen LogP contribution in [0.25, 0.3) is 0 Å². The standard InChI is InChI=1S/C13H23NO/c1-10-11(2)14(9-7-13(10)15)8-3-4-12-5-6-12/h10-12H,3-9H2,1-2H3. The lowest BCUT2D eigenvalue weighted by Gasteiger charge is -2.36. The van der Waals surface area contributed by atoms with Gasteiger partial charge in [0.1, 0.15) is 5.78 Å². The van der Waals surface area contributed by atoms with Crippen molar-refractivity contribution in [1.82, 2.24) is 4.90 Å². The summed E-state index contributed by atoms with van der Waals surface area (Å²) in [6.45, 7) is 6.49. The summed E-state index contributed by atoms with van der Waals surface area (Å²) in [7, 11) is 0. The molecule has 2 heteroatoms. The highest BCUT2D eigenvalue weighted by Crippen LogP contribution is 2.33. The van der Waals surface area contributed by atoms with Crippen LogP contribution in [0.15, 0.2) is 0 Å². The maximum absolute atomic E-state index is 11.5. The molecular weight excluding hydrogens is 186 g/mol. The zero-order chi connectivity index (χ0) is 10.8. The number of nitrogens with zero attached hydrogens (tertiary/aromatic N) is 1. The quantitative estimate of drug-likeness (QED) is 0.709. The molecular formula is C13H23NO. The van der Waals surface area contributed by atoms with E-state index < -0.39 is 0 Å². The van der Waals surface area contributed by atoms with Crippen LogP contribution in [0.3, 0.4) is 0 Å². The average molecular weight is 209 g/mol. The van der Waals surface area contributed by atoms with E-state index in [0.717, 1.165) is 18.9 Å². The van der Waals surface area contributed by atoms with Gasteiger partial charge in [0.25, 0.3) is 0 Å². The summed E-state index contributed by atoms with van der Waals surface area (Å²) in [5, 5.41) is 0. The molecule has 2 atom stereocenters. The number of piperidine rings is 1. The molecule has 1 aliphatic heterocycles. The van der Waals surface area contributed by atoms with Gasteiger partial charge < -0.3 is 0 Å². The minimum Gasteiger partial charge on any atom is -0.300 e. The van der Waals surface area contributed by atoms with Crippen molar-refractivity contribution < 1.29 is 4.79 Å². The van der Waals surface area contributed by atoms with Crippen molar-refractivity contribution in [3.8, 4) is 0 Å². The summed E-state index contributed by atoms with van der Waals surface area (Å²) in [6.07, 6.45) is 6.44. The van der Waals surface area contributed by atoms with Gasteiger partial charge in [-0.1, -0.05) is 19.8 Å². The van der Waals surface area contributed by atoms with Crippen LogP contribution >= 0.6 is 0 Å². The predicted octanol–water partition coefficient (Wildman–Crippen LogP) is 2.48. The largest absolute Gasteiger partial charge is 0.300 e. The second-order valence-corrected chi connectivity index (χ2v) is 5.37. The average Bonchev–Trinajstić information content (AvgIpc) is 3.02. The smallest absolute Gasteiger partial charge is 0.138 e. The Hall–Kier alpha value is -0.370. The SMILES string of the molecule is CC1C(=O)CCN(CCCC2CC2)C1C. The van der Waals surface area contributed by atoms with Crippen LogP contribution in [-0.2, 0) is 4.79 Å². The van der Waals surface area contributed by atoms with E-state index in [1.54, 1.807) is 0 Å². The first-order valence-electron chi connectivity index (χ1n) is 6.45. The second kappa shape index (κ2) is 4.65. The summed E-state index contributed by atoms with van der Waals surface area (Å²) < 4.78 is 0. The van der Waals surface area contributed by atoms with E-state index in [-0.39, 0.29) is 5.92 Å². The molecule has 1 saturated carbocycles. The van der Waals surface area contributed by atoms with Crippen molar-refractivity contribution in [2.75, 3.05) is 13.1 Å². The molecule has 2 unspecified atom stereocenters. The van der Waals surface area contributed by atoms with Crippen LogP contribution in [0, 0.1) is 11.8 Å². The Morgan fingerprint density at radius 2 is 2.07 bits per heavy atom. The molecule has 0 aromatic rings. The van der Waals surface area contributed by atoms with E-state index in [9.17, 15) is 4.79 Å². The first kappa shape index (κ1) is 11.1. The summed E-state index contributed by atoms with van der Waals surface area (Å²) in [4.78, 5) is 14.0. The third kappa shape index (κ3) is 2.81. The lowest BCUT2D eigenvalue weighted by molar-refractivity contribution is -0.127. The number of ketones is 1. The second-order valence-electron chi connectivity index (χ2n) is 5.37. The van der Waals surface area contributed by atoms with Gasteiger partial charge in [0, 0.05) is 24.9 Å². The molecule has 0 aromatic carbocycles. The zero-order valence-electron chi connectivity index (χ0n) is 10.0. The Bertz CT molecular complexity index is 235. The van der Waals surface area contributed by atoms with Crippen molar-refractivity contribution in [3.05, 3.63) is 0 Å². The van der Waals surface area contributed by atoms with Crippen molar-refractivity contribution in [2.24, 2.45) is 11.8 Å². The Morgan fingerprint density at radius 3 is 2.73 bits per heavy atom. The number of likely N-dealkylation sites (tertiary alicyclic amines) is 1. The van der Waals surface area contributed by atoms with Crippen LogP contribution in [-0.4, -0.2) is 29.8 Å². The Morgan fingerprint density at radius 1 is 1.33 bits per heavy atom. The molecule has 1 saturated heterocycles. The normalized spacial score (nSPS) is 33.3. The van der Waals surface area contributed by atoms with Crippen molar-refractivity contribution in [2.45, 2.75) is 52.0 Å². The molecule has 2 aliphatic rings. The maximum atomic E-state index is 11.5. The molecule has 0 N–H and O–H groups in total. The summed E-state index contributed by atoms with van der Waals surface area (Å²) in [5.74, 6) is 1.75.